The summed E-state index contributed by atoms with van der Waals surface area (Å²) in [6.07, 6.45) is 0.244. The second-order valence-electron chi connectivity index (χ2n) is 4.21. The maximum Gasteiger partial charge on any atom is 0.224 e. The molecule has 4 heteroatoms. The van der Waals surface area contributed by atoms with Crippen molar-refractivity contribution in [3.8, 4) is 0 Å². The molecule has 0 aliphatic rings. The van der Waals surface area contributed by atoms with Crippen molar-refractivity contribution in [2.24, 2.45) is 0 Å². The number of benzene rings is 2. The zero-order valence-corrected chi connectivity index (χ0v) is 11.0. The van der Waals surface area contributed by atoms with Crippen molar-refractivity contribution in [3.63, 3.8) is 0 Å². The maximum absolute atomic E-state index is 12.7. The molecule has 1 amide bonds. The van der Waals surface area contributed by atoms with Gasteiger partial charge in [-0.3, -0.25) is 4.79 Å². The van der Waals surface area contributed by atoms with E-state index in [0.29, 0.717) is 11.6 Å². The molecule has 19 heavy (non-hydrogen) atoms. The maximum atomic E-state index is 12.7. The van der Waals surface area contributed by atoms with Gasteiger partial charge in [0, 0.05) is 11.6 Å². The predicted molar refractivity (Wildman–Crippen MR) is 73.4 cm³/mol. The second-order valence-corrected chi connectivity index (χ2v) is 4.64. The lowest BCUT2D eigenvalue weighted by Gasteiger charge is -2.05. The Kier molecular flexibility index (Phi) is 4.53. The summed E-state index contributed by atoms with van der Waals surface area (Å²) in [7, 11) is 0. The first kappa shape index (κ1) is 13.6. The molecule has 98 valence electrons. The normalized spacial score (nSPS) is 10.2. The van der Waals surface area contributed by atoms with E-state index in [2.05, 4.69) is 5.32 Å². The highest BCUT2D eigenvalue weighted by atomic mass is 35.5. The molecular formula is C15H13ClFNO. The largest absolute Gasteiger partial charge is 0.352 e. The highest BCUT2D eigenvalue weighted by Crippen LogP contribution is 2.09. The van der Waals surface area contributed by atoms with E-state index in [1.807, 2.05) is 12.1 Å². The summed E-state index contributed by atoms with van der Waals surface area (Å²) in [5.41, 5.74) is 1.77. The van der Waals surface area contributed by atoms with Gasteiger partial charge in [0.05, 0.1) is 6.42 Å². The van der Waals surface area contributed by atoms with Gasteiger partial charge >= 0.3 is 0 Å². The van der Waals surface area contributed by atoms with Crippen LogP contribution in [0.3, 0.4) is 0 Å². The SMILES string of the molecule is O=C(Cc1ccc(F)cc1)NCc1ccc(Cl)cc1. The van der Waals surface area contributed by atoms with Gasteiger partial charge in [0.15, 0.2) is 0 Å². The van der Waals surface area contributed by atoms with Gasteiger partial charge in [-0.15, -0.1) is 0 Å². The van der Waals surface area contributed by atoms with Crippen LogP contribution in [0.2, 0.25) is 5.02 Å². The van der Waals surface area contributed by atoms with Crippen molar-refractivity contribution in [3.05, 3.63) is 70.5 Å². The van der Waals surface area contributed by atoms with Gasteiger partial charge in [-0.2, -0.15) is 0 Å². The van der Waals surface area contributed by atoms with Crippen molar-refractivity contribution in [1.29, 1.82) is 0 Å². The first-order valence-electron chi connectivity index (χ1n) is 5.89. The average molecular weight is 278 g/mol. The minimum Gasteiger partial charge on any atom is -0.352 e. The van der Waals surface area contributed by atoms with Gasteiger partial charge in [0.1, 0.15) is 5.82 Å². The molecule has 0 atom stereocenters. The summed E-state index contributed by atoms with van der Waals surface area (Å²) < 4.78 is 12.7. The Morgan fingerprint density at radius 1 is 1.00 bits per heavy atom. The molecule has 0 fully saturated rings. The molecule has 0 saturated heterocycles. The Bertz CT molecular complexity index is 551. The summed E-state index contributed by atoms with van der Waals surface area (Å²) in [6.45, 7) is 0.456. The fourth-order valence-electron chi connectivity index (χ4n) is 1.65. The molecule has 0 spiro atoms. The highest BCUT2D eigenvalue weighted by Gasteiger charge is 2.03. The number of carbonyl (C=O) groups excluding carboxylic acids is 1. The molecule has 0 unspecified atom stereocenters. The first-order chi connectivity index (χ1) is 9.13. The van der Waals surface area contributed by atoms with Crippen LogP contribution in [0.25, 0.3) is 0 Å². The molecule has 0 aliphatic carbocycles. The van der Waals surface area contributed by atoms with E-state index in [9.17, 15) is 9.18 Å². The second kappa shape index (κ2) is 6.34. The lowest BCUT2D eigenvalue weighted by Crippen LogP contribution is -2.24. The lowest BCUT2D eigenvalue weighted by molar-refractivity contribution is -0.120. The van der Waals surface area contributed by atoms with E-state index in [1.165, 1.54) is 12.1 Å². The molecule has 2 rings (SSSR count). The summed E-state index contributed by atoms with van der Waals surface area (Å²) in [5, 5.41) is 3.47. The number of hydrogen-bond acceptors (Lipinski definition) is 1. The summed E-state index contributed by atoms with van der Waals surface area (Å²) in [5.74, 6) is -0.396. The Labute approximate surface area is 116 Å². The fourth-order valence-corrected chi connectivity index (χ4v) is 1.78. The van der Waals surface area contributed by atoms with Crippen LogP contribution in [0.4, 0.5) is 4.39 Å². The Morgan fingerprint density at radius 3 is 2.21 bits per heavy atom. The smallest absolute Gasteiger partial charge is 0.224 e. The first-order valence-corrected chi connectivity index (χ1v) is 6.27. The quantitative estimate of drug-likeness (QED) is 0.912. The van der Waals surface area contributed by atoms with Crippen LogP contribution < -0.4 is 5.32 Å². The van der Waals surface area contributed by atoms with Crippen LogP contribution in [0.15, 0.2) is 48.5 Å². The van der Waals surface area contributed by atoms with Crippen molar-refractivity contribution >= 4 is 17.5 Å². The van der Waals surface area contributed by atoms with Gasteiger partial charge in [0.25, 0.3) is 0 Å². The molecular weight excluding hydrogens is 265 g/mol. The lowest BCUT2D eigenvalue weighted by atomic mass is 10.1. The van der Waals surface area contributed by atoms with E-state index in [-0.39, 0.29) is 18.1 Å². The Hall–Kier alpha value is -1.87. The highest BCUT2D eigenvalue weighted by molar-refractivity contribution is 6.30. The van der Waals surface area contributed by atoms with Crippen LogP contribution in [-0.2, 0) is 17.8 Å². The van der Waals surface area contributed by atoms with E-state index >= 15 is 0 Å². The molecule has 0 radical (unpaired) electrons. The number of carbonyl (C=O) groups is 1. The van der Waals surface area contributed by atoms with Crippen molar-refractivity contribution in [2.75, 3.05) is 0 Å². The molecule has 0 saturated carbocycles. The van der Waals surface area contributed by atoms with Crippen LogP contribution in [0, 0.1) is 5.82 Å². The van der Waals surface area contributed by atoms with Gasteiger partial charge in [0.2, 0.25) is 5.91 Å². The summed E-state index contributed by atoms with van der Waals surface area (Å²) in [6, 6.07) is 13.2. The minimum atomic E-state index is -0.301. The number of amides is 1. The van der Waals surface area contributed by atoms with Gasteiger partial charge in [-0.25, -0.2) is 4.39 Å². The van der Waals surface area contributed by atoms with E-state index in [4.69, 9.17) is 11.6 Å². The Morgan fingerprint density at radius 2 is 1.58 bits per heavy atom. The van der Waals surface area contributed by atoms with Gasteiger partial charge < -0.3 is 5.32 Å². The molecule has 1 N–H and O–H groups in total. The molecule has 2 aromatic rings. The molecule has 0 heterocycles. The zero-order chi connectivity index (χ0) is 13.7. The Balaban J connectivity index is 1.84. The van der Waals surface area contributed by atoms with E-state index < -0.39 is 0 Å². The summed E-state index contributed by atoms with van der Waals surface area (Å²) >= 11 is 5.78. The van der Waals surface area contributed by atoms with E-state index in [0.717, 1.165) is 11.1 Å². The van der Waals surface area contributed by atoms with Crippen LogP contribution in [0.5, 0.6) is 0 Å². The van der Waals surface area contributed by atoms with Crippen LogP contribution >= 0.6 is 11.6 Å². The standard InChI is InChI=1S/C15H13ClFNO/c16-13-5-1-12(2-6-13)10-18-15(19)9-11-3-7-14(17)8-4-11/h1-8H,9-10H2,(H,18,19). The monoisotopic (exact) mass is 277 g/mol. The third kappa shape index (κ3) is 4.38. The predicted octanol–water partition coefficient (Wildman–Crippen LogP) is 3.34. The average Bonchev–Trinajstić information content (AvgIpc) is 2.41. The van der Waals surface area contributed by atoms with E-state index in [1.54, 1.807) is 24.3 Å². The molecule has 0 aromatic heterocycles. The molecule has 2 aromatic carbocycles. The third-order valence-electron chi connectivity index (χ3n) is 2.68. The molecule has 0 bridgehead atoms. The number of hydrogen-bond donors (Lipinski definition) is 1. The third-order valence-corrected chi connectivity index (χ3v) is 2.93. The van der Waals surface area contributed by atoms with Crippen molar-refractivity contribution < 1.29 is 9.18 Å². The van der Waals surface area contributed by atoms with Gasteiger partial charge in [-0.05, 0) is 35.4 Å². The number of rotatable bonds is 4. The van der Waals surface area contributed by atoms with Crippen LogP contribution in [0.1, 0.15) is 11.1 Å². The molecule has 2 nitrogen and oxygen atoms in total. The van der Waals surface area contributed by atoms with Crippen molar-refractivity contribution in [2.45, 2.75) is 13.0 Å². The molecule has 0 aliphatic heterocycles. The fraction of sp³-hybridized carbons (Fsp3) is 0.133. The minimum absolute atomic E-state index is 0.0958. The summed E-state index contributed by atoms with van der Waals surface area (Å²) in [4.78, 5) is 11.7. The number of nitrogens with one attached hydrogen (secondary N) is 1. The van der Waals surface area contributed by atoms with Crippen LogP contribution in [-0.4, -0.2) is 5.91 Å². The topological polar surface area (TPSA) is 29.1 Å². The number of halogens is 2. The van der Waals surface area contributed by atoms with Crippen molar-refractivity contribution in [1.82, 2.24) is 5.32 Å². The van der Waals surface area contributed by atoms with Gasteiger partial charge in [-0.1, -0.05) is 35.9 Å². The zero-order valence-electron chi connectivity index (χ0n) is 10.2.